The van der Waals surface area contributed by atoms with Gasteiger partial charge >= 0.3 is 0 Å². The summed E-state index contributed by atoms with van der Waals surface area (Å²) in [5.74, 6) is 0. The maximum Gasteiger partial charge on any atom is 0.0451 e. The summed E-state index contributed by atoms with van der Waals surface area (Å²) in [4.78, 5) is 0. The average molecular weight is 263 g/mol. The van der Waals surface area contributed by atoms with Crippen molar-refractivity contribution in [1.82, 2.24) is 0 Å². The molecule has 0 amide bonds. The lowest BCUT2D eigenvalue weighted by Gasteiger charge is -2.29. The molecule has 0 spiro atoms. The van der Waals surface area contributed by atoms with Crippen LogP contribution in [0.3, 0.4) is 0 Å². The topological polar surface area (TPSA) is 26.0 Å². The van der Waals surface area contributed by atoms with Crippen LogP contribution >= 0.6 is 11.8 Å². The molecule has 0 saturated heterocycles. The predicted molar refractivity (Wildman–Crippen MR) is 82.0 cm³/mol. The van der Waals surface area contributed by atoms with Crippen LogP contribution < -0.4 is 5.73 Å². The highest BCUT2D eigenvalue weighted by Gasteiger charge is 2.24. The van der Waals surface area contributed by atoms with Gasteiger partial charge in [0.2, 0.25) is 0 Å². The Hall–Kier alpha value is -0.470. The molecule has 0 bridgehead atoms. The Bertz CT molecular complexity index is 369. The highest BCUT2D eigenvalue weighted by atomic mass is 32.2. The molecule has 100 valence electrons. The van der Waals surface area contributed by atoms with Crippen LogP contribution in [0, 0.1) is 6.92 Å². The summed E-state index contributed by atoms with van der Waals surface area (Å²) in [6, 6.07) is 8.92. The lowest BCUT2D eigenvalue weighted by molar-refractivity contribution is 0.513. The smallest absolute Gasteiger partial charge is 0.0451 e. The SMILES string of the molecule is Cc1ccccc1C(SC1CCCCC1)C(C)N. The fraction of sp³-hybridized carbons (Fsp3) is 0.625. The van der Waals surface area contributed by atoms with Crippen LogP contribution in [-0.2, 0) is 0 Å². The molecule has 0 aliphatic heterocycles. The van der Waals surface area contributed by atoms with E-state index in [2.05, 4.69) is 49.9 Å². The third-order valence-corrected chi connectivity index (χ3v) is 5.70. The molecule has 1 nitrogen and oxygen atoms in total. The van der Waals surface area contributed by atoms with Gasteiger partial charge in [-0.25, -0.2) is 0 Å². The monoisotopic (exact) mass is 263 g/mol. The Labute approximate surface area is 116 Å². The quantitative estimate of drug-likeness (QED) is 0.868. The van der Waals surface area contributed by atoms with E-state index in [1.807, 2.05) is 0 Å². The second-order valence-electron chi connectivity index (χ2n) is 5.53. The van der Waals surface area contributed by atoms with E-state index in [1.165, 1.54) is 43.2 Å². The molecule has 2 unspecified atom stereocenters. The normalized spacial score (nSPS) is 20.6. The summed E-state index contributed by atoms with van der Waals surface area (Å²) in [6.45, 7) is 4.35. The van der Waals surface area contributed by atoms with Crippen LogP contribution in [0.15, 0.2) is 24.3 Å². The van der Waals surface area contributed by atoms with Crippen molar-refractivity contribution < 1.29 is 0 Å². The standard InChI is InChI=1S/C16H25NS/c1-12-8-6-7-11-15(12)16(13(2)17)18-14-9-4-3-5-10-14/h6-8,11,13-14,16H,3-5,9-10,17H2,1-2H3. The second kappa shape index (κ2) is 6.63. The largest absolute Gasteiger partial charge is 0.327 e. The molecule has 1 saturated carbocycles. The van der Waals surface area contributed by atoms with Gasteiger partial charge in [-0.1, -0.05) is 43.5 Å². The zero-order valence-corrected chi connectivity index (χ0v) is 12.4. The van der Waals surface area contributed by atoms with E-state index in [0.717, 1.165) is 5.25 Å². The molecule has 2 N–H and O–H groups in total. The summed E-state index contributed by atoms with van der Waals surface area (Å²) in [6.07, 6.45) is 6.97. The van der Waals surface area contributed by atoms with E-state index in [9.17, 15) is 0 Å². The van der Waals surface area contributed by atoms with Gasteiger partial charge in [-0.15, -0.1) is 11.8 Å². The van der Waals surface area contributed by atoms with Gasteiger partial charge in [0.05, 0.1) is 0 Å². The average Bonchev–Trinajstić information content (AvgIpc) is 2.38. The molecular weight excluding hydrogens is 238 g/mol. The van der Waals surface area contributed by atoms with E-state index in [1.54, 1.807) is 0 Å². The van der Waals surface area contributed by atoms with E-state index >= 15 is 0 Å². The molecule has 18 heavy (non-hydrogen) atoms. The van der Waals surface area contributed by atoms with E-state index in [-0.39, 0.29) is 6.04 Å². The number of nitrogens with two attached hydrogens (primary N) is 1. The first-order chi connectivity index (χ1) is 8.68. The molecule has 1 fully saturated rings. The molecule has 1 aliphatic rings. The van der Waals surface area contributed by atoms with Crippen LogP contribution in [0.25, 0.3) is 0 Å². The number of thioether (sulfide) groups is 1. The van der Waals surface area contributed by atoms with Crippen LogP contribution in [0.5, 0.6) is 0 Å². The fourth-order valence-electron chi connectivity index (χ4n) is 2.80. The van der Waals surface area contributed by atoms with Crippen LogP contribution in [0.4, 0.5) is 0 Å². The first kappa shape index (κ1) is 14.0. The van der Waals surface area contributed by atoms with E-state index < -0.39 is 0 Å². The Morgan fingerprint density at radius 2 is 1.83 bits per heavy atom. The van der Waals surface area contributed by atoms with Crippen molar-refractivity contribution in [1.29, 1.82) is 0 Å². The first-order valence-electron chi connectivity index (χ1n) is 7.15. The van der Waals surface area contributed by atoms with Gasteiger partial charge in [0.1, 0.15) is 0 Å². The van der Waals surface area contributed by atoms with Crippen molar-refractivity contribution in [2.45, 2.75) is 62.5 Å². The third-order valence-electron chi connectivity index (χ3n) is 3.86. The Kier molecular flexibility index (Phi) is 5.13. The summed E-state index contributed by atoms with van der Waals surface area (Å²) >= 11 is 2.12. The first-order valence-corrected chi connectivity index (χ1v) is 8.09. The van der Waals surface area contributed by atoms with E-state index in [0.29, 0.717) is 5.25 Å². The maximum absolute atomic E-state index is 6.23. The molecule has 1 aliphatic carbocycles. The third kappa shape index (κ3) is 3.52. The Balaban J connectivity index is 2.10. The van der Waals surface area contributed by atoms with Crippen LogP contribution in [0.2, 0.25) is 0 Å². The summed E-state index contributed by atoms with van der Waals surface area (Å²) in [7, 11) is 0. The minimum absolute atomic E-state index is 0.220. The van der Waals surface area contributed by atoms with Crippen LogP contribution in [-0.4, -0.2) is 11.3 Å². The fourth-order valence-corrected chi connectivity index (χ4v) is 4.47. The molecule has 0 heterocycles. The molecule has 0 aromatic heterocycles. The molecule has 1 aromatic rings. The summed E-state index contributed by atoms with van der Waals surface area (Å²) < 4.78 is 0. The van der Waals surface area contributed by atoms with Crippen molar-refractivity contribution in [2.75, 3.05) is 0 Å². The highest BCUT2D eigenvalue weighted by Crippen LogP contribution is 2.40. The molecular formula is C16H25NS. The maximum atomic E-state index is 6.23. The van der Waals surface area contributed by atoms with Crippen molar-refractivity contribution in [2.24, 2.45) is 5.73 Å². The lowest BCUT2D eigenvalue weighted by Crippen LogP contribution is -2.25. The number of hydrogen-bond donors (Lipinski definition) is 1. The molecule has 2 rings (SSSR count). The lowest BCUT2D eigenvalue weighted by atomic mass is 10.0. The molecule has 1 aromatic carbocycles. The number of hydrogen-bond acceptors (Lipinski definition) is 2. The molecule has 2 atom stereocenters. The number of aryl methyl sites for hydroxylation is 1. The van der Waals surface area contributed by atoms with Gasteiger partial charge in [0.25, 0.3) is 0 Å². The van der Waals surface area contributed by atoms with Crippen LogP contribution in [0.1, 0.15) is 55.4 Å². The van der Waals surface area contributed by atoms with Gasteiger partial charge in [-0.05, 0) is 37.8 Å². The van der Waals surface area contributed by atoms with Gasteiger partial charge in [-0.3, -0.25) is 0 Å². The Morgan fingerprint density at radius 1 is 1.17 bits per heavy atom. The zero-order valence-electron chi connectivity index (χ0n) is 11.6. The predicted octanol–water partition coefficient (Wildman–Crippen LogP) is 4.45. The molecule has 0 radical (unpaired) electrons. The zero-order chi connectivity index (χ0) is 13.0. The minimum Gasteiger partial charge on any atom is -0.327 e. The van der Waals surface area contributed by atoms with Gasteiger partial charge in [-0.2, -0.15) is 0 Å². The second-order valence-corrected chi connectivity index (χ2v) is 6.98. The van der Waals surface area contributed by atoms with Crippen molar-refractivity contribution in [3.63, 3.8) is 0 Å². The highest BCUT2D eigenvalue weighted by molar-refractivity contribution is 8.00. The number of rotatable bonds is 4. The minimum atomic E-state index is 0.220. The van der Waals surface area contributed by atoms with Gasteiger partial charge in [0.15, 0.2) is 0 Å². The van der Waals surface area contributed by atoms with Gasteiger partial charge in [0, 0.05) is 16.5 Å². The van der Waals surface area contributed by atoms with Gasteiger partial charge < -0.3 is 5.73 Å². The summed E-state index contributed by atoms with van der Waals surface area (Å²) in [5, 5.41) is 1.27. The molecule has 2 heteroatoms. The van der Waals surface area contributed by atoms with Crippen molar-refractivity contribution in [3.8, 4) is 0 Å². The van der Waals surface area contributed by atoms with Crippen molar-refractivity contribution >= 4 is 11.8 Å². The number of benzene rings is 1. The van der Waals surface area contributed by atoms with Crippen molar-refractivity contribution in [3.05, 3.63) is 35.4 Å². The van der Waals surface area contributed by atoms with E-state index in [4.69, 9.17) is 5.73 Å². The Morgan fingerprint density at radius 3 is 2.44 bits per heavy atom. The summed E-state index contributed by atoms with van der Waals surface area (Å²) in [5.41, 5.74) is 9.05.